The Morgan fingerprint density at radius 2 is 1.67 bits per heavy atom. The summed E-state index contributed by atoms with van der Waals surface area (Å²) in [5.74, 6) is 0.553. The van der Waals surface area contributed by atoms with Gasteiger partial charge < -0.3 is 9.31 Å². The molecule has 2 nitrogen and oxygen atoms in total. The van der Waals surface area contributed by atoms with E-state index in [0.29, 0.717) is 5.75 Å². The fourth-order valence-electron chi connectivity index (χ4n) is 2.83. The van der Waals surface area contributed by atoms with Crippen molar-refractivity contribution >= 4 is 48.2 Å². The van der Waals surface area contributed by atoms with Gasteiger partial charge in [-0.2, -0.15) is 12.6 Å². The average Bonchev–Trinajstić information content (AvgIpc) is 2.73. The van der Waals surface area contributed by atoms with Crippen molar-refractivity contribution in [2.75, 3.05) is 5.75 Å². The molecule has 0 saturated carbocycles. The summed E-state index contributed by atoms with van der Waals surface area (Å²) in [7, 11) is -0.398. The van der Waals surface area contributed by atoms with E-state index < -0.39 is 7.12 Å². The van der Waals surface area contributed by atoms with Gasteiger partial charge in [0.25, 0.3) is 0 Å². The predicted octanol–water partition coefficient (Wildman–Crippen LogP) is 5.44. The molecule has 0 aliphatic carbocycles. The summed E-state index contributed by atoms with van der Waals surface area (Å²) in [6, 6.07) is 12.1. The van der Waals surface area contributed by atoms with Crippen LogP contribution in [-0.4, -0.2) is 24.1 Å². The lowest BCUT2D eigenvalue weighted by Crippen LogP contribution is -2.41. The van der Waals surface area contributed by atoms with Gasteiger partial charge in [-0.25, -0.2) is 0 Å². The lowest BCUT2D eigenvalue weighted by atomic mass is 9.78. The van der Waals surface area contributed by atoms with Crippen molar-refractivity contribution in [3.8, 4) is 0 Å². The number of hydrogen-bond acceptors (Lipinski definition) is 3. The second kappa shape index (κ2) is 6.42. The molecule has 24 heavy (non-hydrogen) atoms. The Morgan fingerprint density at radius 3 is 2.25 bits per heavy atom. The molecule has 0 aromatic heterocycles. The van der Waals surface area contributed by atoms with E-state index in [2.05, 4.69) is 64.6 Å². The molecule has 0 unspecified atom stereocenters. The Labute approximate surface area is 154 Å². The van der Waals surface area contributed by atoms with Crippen molar-refractivity contribution in [2.24, 2.45) is 0 Å². The van der Waals surface area contributed by atoms with Gasteiger partial charge in [-0.3, -0.25) is 0 Å². The fraction of sp³-hybridized carbons (Fsp3) is 0.368. The first kappa shape index (κ1) is 17.9. The molecule has 2 aromatic carbocycles. The van der Waals surface area contributed by atoms with E-state index in [1.807, 2.05) is 18.2 Å². The van der Waals surface area contributed by atoms with E-state index in [9.17, 15) is 0 Å². The van der Waals surface area contributed by atoms with Crippen molar-refractivity contribution in [1.29, 1.82) is 0 Å². The minimum atomic E-state index is -0.398. The quantitative estimate of drug-likeness (QED) is 0.580. The molecule has 3 rings (SSSR count). The molecule has 0 bridgehead atoms. The van der Waals surface area contributed by atoms with Gasteiger partial charge in [-0.1, -0.05) is 48.0 Å². The Balaban J connectivity index is 2.04. The topological polar surface area (TPSA) is 18.5 Å². The highest BCUT2D eigenvalue weighted by atomic mass is 35.5. The number of halogens is 1. The molecule has 0 atom stereocenters. The number of fused-ring (bicyclic) bond motifs is 1. The predicted molar refractivity (Wildman–Crippen MR) is 107 cm³/mol. The van der Waals surface area contributed by atoms with Crippen LogP contribution in [-0.2, 0) is 9.31 Å². The SMILES string of the molecule is CC1(C)OB(C(=Cc2cccc3cccc(Cl)c23)CS)OC1(C)C. The third-order valence-electron chi connectivity index (χ3n) is 4.97. The summed E-state index contributed by atoms with van der Waals surface area (Å²) in [4.78, 5) is 0. The zero-order valence-electron chi connectivity index (χ0n) is 14.5. The minimum Gasteiger partial charge on any atom is -0.400 e. The van der Waals surface area contributed by atoms with E-state index >= 15 is 0 Å². The van der Waals surface area contributed by atoms with Crippen LogP contribution in [0.2, 0.25) is 5.02 Å². The molecule has 0 N–H and O–H groups in total. The molecule has 1 saturated heterocycles. The maximum absolute atomic E-state index is 6.43. The maximum atomic E-state index is 6.43. The van der Waals surface area contributed by atoms with Gasteiger partial charge in [0.05, 0.1) is 11.2 Å². The number of hydrogen-bond donors (Lipinski definition) is 1. The van der Waals surface area contributed by atoms with Crippen LogP contribution in [0.15, 0.2) is 41.9 Å². The van der Waals surface area contributed by atoms with Gasteiger partial charge in [-0.05, 0) is 50.2 Å². The molecule has 1 aliphatic heterocycles. The van der Waals surface area contributed by atoms with E-state index in [1.165, 1.54) is 0 Å². The van der Waals surface area contributed by atoms with Crippen molar-refractivity contribution < 1.29 is 9.31 Å². The second-order valence-electron chi connectivity index (χ2n) is 7.15. The van der Waals surface area contributed by atoms with Gasteiger partial charge in [0.2, 0.25) is 0 Å². The number of rotatable bonds is 3. The van der Waals surface area contributed by atoms with E-state index in [4.69, 9.17) is 20.9 Å². The normalized spacial score (nSPS) is 19.9. The highest BCUT2D eigenvalue weighted by Crippen LogP contribution is 2.39. The van der Waals surface area contributed by atoms with Crippen LogP contribution in [0.5, 0.6) is 0 Å². The van der Waals surface area contributed by atoms with E-state index in [1.54, 1.807) is 0 Å². The molecule has 126 valence electrons. The van der Waals surface area contributed by atoms with Crippen molar-refractivity contribution in [3.05, 3.63) is 52.5 Å². The first-order valence-electron chi connectivity index (χ1n) is 8.09. The maximum Gasteiger partial charge on any atom is 0.491 e. The first-order valence-corrected chi connectivity index (χ1v) is 9.10. The molecule has 1 aliphatic rings. The Morgan fingerprint density at radius 1 is 1.08 bits per heavy atom. The highest BCUT2D eigenvalue weighted by molar-refractivity contribution is 7.80. The largest absolute Gasteiger partial charge is 0.491 e. The minimum absolute atomic E-state index is 0.365. The average molecular weight is 361 g/mol. The zero-order valence-corrected chi connectivity index (χ0v) is 16.1. The molecule has 5 heteroatoms. The third kappa shape index (κ3) is 3.13. The third-order valence-corrected chi connectivity index (χ3v) is 5.65. The lowest BCUT2D eigenvalue weighted by Gasteiger charge is -2.32. The van der Waals surface area contributed by atoms with Crippen LogP contribution in [0.1, 0.15) is 33.3 Å². The van der Waals surface area contributed by atoms with Crippen molar-refractivity contribution in [3.63, 3.8) is 0 Å². The van der Waals surface area contributed by atoms with Crippen LogP contribution in [0.25, 0.3) is 16.8 Å². The van der Waals surface area contributed by atoms with Crippen LogP contribution in [0.4, 0.5) is 0 Å². The zero-order chi connectivity index (χ0) is 17.5. The van der Waals surface area contributed by atoms with Gasteiger partial charge in [0.1, 0.15) is 0 Å². The van der Waals surface area contributed by atoms with Crippen molar-refractivity contribution in [1.82, 2.24) is 0 Å². The monoisotopic (exact) mass is 360 g/mol. The van der Waals surface area contributed by atoms with Crippen LogP contribution >= 0.6 is 24.2 Å². The van der Waals surface area contributed by atoms with Crippen LogP contribution < -0.4 is 0 Å². The summed E-state index contributed by atoms with van der Waals surface area (Å²) in [6.45, 7) is 8.21. The molecule has 1 heterocycles. The summed E-state index contributed by atoms with van der Waals surface area (Å²) < 4.78 is 12.3. The molecule has 2 aromatic rings. The van der Waals surface area contributed by atoms with Gasteiger partial charge in [0.15, 0.2) is 0 Å². The summed E-state index contributed by atoms with van der Waals surface area (Å²) >= 11 is 10.9. The van der Waals surface area contributed by atoms with Crippen LogP contribution in [0, 0.1) is 0 Å². The molecule has 1 fully saturated rings. The second-order valence-corrected chi connectivity index (χ2v) is 7.87. The van der Waals surface area contributed by atoms with Gasteiger partial charge in [0, 0.05) is 16.2 Å². The molecule has 0 amide bonds. The standard InChI is InChI=1S/C19H22BClO2S/c1-18(2)19(3,4)23-20(22-18)15(12-24)11-14-9-5-7-13-8-6-10-16(21)17(13)14/h5-11,24H,12H2,1-4H3. The number of thiol groups is 1. The first-order chi connectivity index (χ1) is 11.2. The molecular formula is C19H22BClO2S. The van der Waals surface area contributed by atoms with Gasteiger partial charge >= 0.3 is 7.12 Å². The Bertz CT molecular complexity index is 780. The Hall–Kier alpha value is -0.935. The Kier molecular flexibility index (Phi) is 4.78. The highest BCUT2D eigenvalue weighted by Gasteiger charge is 2.52. The molecular weight excluding hydrogens is 339 g/mol. The molecule has 0 radical (unpaired) electrons. The van der Waals surface area contributed by atoms with Crippen molar-refractivity contribution in [2.45, 2.75) is 38.9 Å². The summed E-state index contributed by atoms with van der Waals surface area (Å²) in [6.07, 6.45) is 2.09. The number of benzene rings is 2. The summed E-state index contributed by atoms with van der Waals surface area (Å²) in [5.41, 5.74) is 1.31. The smallest absolute Gasteiger partial charge is 0.400 e. The summed E-state index contributed by atoms with van der Waals surface area (Å²) in [5, 5.41) is 2.90. The van der Waals surface area contributed by atoms with E-state index in [-0.39, 0.29) is 11.2 Å². The van der Waals surface area contributed by atoms with E-state index in [0.717, 1.165) is 26.8 Å². The van der Waals surface area contributed by atoms with Gasteiger partial charge in [-0.15, -0.1) is 0 Å². The lowest BCUT2D eigenvalue weighted by molar-refractivity contribution is 0.00578. The molecule has 0 spiro atoms. The fourth-order valence-corrected chi connectivity index (χ4v) is 3.36. The van der Waals surface area contributed by atoms with Crippen LogP contribution in [0.3, 0.4) is 0 Å².